The summed E-state index contributed by atoms with van der Waals surface area (Å²) in [6, 6.07) is 13.9. The number of anilines is 1. The Bertz CT molecular complexity index is 502. The molecule has 0 unspecified atom stereocenters. The molecule has 0 fully saturated rings. The van der Waals surface area contributed by atoms with Gasteiger partial charge < -0.3 is 0 Å². The second-order valence-electron chi connectivity index (χ2n) is 4.09. The van der Waals surface area contributed by atoms with Crippen molar-refractivity contribution in [2.24, 2.45) is 0 Å². The lowest BCUT2D eigenvalue weighted by molar-refractivity contribution is -0.115. The third-order valence-corrected chi connectivity index (χ3v) is 2.61. The van der Waals surface area contributed by atoms with Crippen molar-refractivity contribution in [3.05, 3.63) is 54.4 Å². The van der Waals surface area contributed by atoms with Gasteiger partial charge in [-0.3, -0.25) is 14.5 Å². The minimum Gasteiger partial charge on any atom is -0.298 e. The molecular weight excluding hydrogens is 212 g/mol. The Labute approximate surface area is 101 Å². The Balaban J connectivity index is 2.39. The van der Waals surface area contributed by atoms with Crippen LogP contribution in [0.25, 0.3) is 0 Å². The van der Waals surface area contributed by atoms with Gasteiger partial charge in [-0.2, -0.15) is 0 Å². The molecular formula is C14H16N2O. The maximum Gasteiger partial charge on any atom is 0.151 e. The molecule has 88 valence electrons. The van der Waals surface area contributed by atoms with Crippen molar-refractivity contribution in [3.63, 3.8) is 0 Å². The maximum absolute atomic E-state index is 11.4. The first-order valence-electron chi connectivity index (χ1n) is 5.65. The van der Waals surface area contributed by atoms with Crippen LogP contribution in [0, 0.1) is 6.92 Å². The van der Waals surface area contributed by atoms with E-state index >= 15 is 0 Å². The summed E-state index contributed by atoms with van der Waals surface area (Å²) in [5, 5.41) is 1.97. The van der Waals surface area contributed by atoms with Gasteiger partial charge in [-0.15, -0.1) is 0 Å². The van der Waals surface area contributed by atoms with Crippen LogP contribution in [0.2, 0.25) is 0 Å². The van der Waals surface area contributed by atoms with Crippen LogP contribution in [0.1, 0.15) is 12.6 Å². The Morgan fingerprint density at radius 1 is 1.18 bits per heavy atom. The van der Waals surface area contributed by atoms with Gasteiger partial charge in [0.15, 0.2) is 5.78 Å². The summed E-state index contributed by atoms with van der Waals surface area (Å²) < 4.78 is 2.00. The number of aromatic nitrogens is 1. The van der Waals surface area contributed by atoms with Crippen LogP contribution in [0.5, 0.6) is 0 Å². The molecule has 0 aliphatic carbocycles. The van der Waals surface area contributed by atoms with Crippen LogP contribution in [0.3, 0.4) is 0 Å². The number of hydrogen-bond donors (Lipinski definition) is 0. The quantitative estimate of drug-likeness (QED) is 0.803. The number of ketones is 1. The molecule has 1 aromatic carbocycles. The van der Waals surface area contributed by atoms with Crippen LogP contribution in [-0.2, 0) is 4.79 Å². The zero-order valence-electron chi connectivity index (χ0n) is 10.1. The highest BCUT2D eigenvalue weighted by atomic mass is 16.1. The first-order chi connectivity index (χ1) is 8.18. The maximum atomic E-state index is 11.4. The predicted octanol–water partition coefficient (Wildman–Crippen LogP) is 2.66. The van der Waals surface area contributed by atoms with Gasteiger partial charge in [0, 0.05) is 11.9 Å². The fourth-order valence-electron chi connectivity index (χ4n) is 1.83. The largest absolute Gasteiger partial charge is 0.298 e. The number of para-hydroxylation sites is 1. The Kier molecular flexibility index (Phi) is 3.28. The molecule has 2 rings (SSSR count). The molecule has 0 saturated heterocycles. The minimum atomic E-state index is 0.141. The van der Waals surface area contributed by atoms with Crippen LogP contribution in [-0.4, -0.2) is 17.0 Å². The van der Waals surface area contributed by atoms with Crippen molar-refractivity contribution >= 4 is 11.5 Å². The Morgan fingerprint density at radius 2 is 1.88 bits per heavy atom. The molecule has 3 heteroatoms. The summed E-state index contributed by atoms with van der Waals surface area (Å²) in [6.45, 7) is 4.00. The van der Waals surface area contributed by atoms with E-state index in [4.69, 9.17) is 0 Å². The van der Waals surface area contributed by atoms with Gasteiger partial charge in [0.05, 0.1) is 12.2 Å². The average Bonchev–Trinajstić information content (AvgIpc) is 2.73. The van der Waals surface area contributed by atoms with Gasteiger partial charge in [0.25, 0.3) is 0 Å². The van der Waals surface area contributed by atoms with Gasteiger partial charge in [-0.25, -0.2) is 0 Å². The number of hydrogen-bond acceptors (Lipinski definition) is 2. The molecule has 0 spiro atoms. The molecule has 1 aromatic heterocycles. The van der Waals surface area contributed by atoms with Gasteiger partial charge in [-0.1, -0.05) is 18.2 Å². The zero-order chi connectivity index (χ0) is 12.3. The van der Waals surface area contributed by atoms with E-state index in [2.05, 4.69) is 0 Å². The molecule has 0 aliphatic rings. The zero-order valence-corrected chi connectivity index (χ0v) is 10.1. The predicted molar refractivity (Wildman–Crippen MR) is 69.0 cm³/mol. The number of aryl methyl sites for hydroxylation is 1. The van der Waals surface area contributed by atoms with E-state index in [1.807, 2.05) is 65.3 Å². The highest BCUT2D eigenvalue weighted by molar-refractivity contribution is 5.80. The number of carbonyl (C=O) groups excluding carboxylic acids is 1. The van der Waals surface area contributed by atoms with E-state index in [0.29, 0.717) is 6.54 Å². The van der Waals surface area contributed by atoms with Crippen LogP contribution >= 0.6 is 0 Å². The lowest BCUT2D eigenvalue weighted by Gasteiger charge is -2.26. The molecule has 0 aliphatic heterocycles. The molecule has 0 amide bonds. The highest BCUT2D eigenvalue weighted by Gasteiger charge is 2.11. The molecule has 3 nitrogen and oxygen atoms in total. The summed E-state index contributed by atoms with van der Waals surface area (Å²) in [5.41, 5.74) is 2.12. The number of Topliss-reactive ketones (excluding diaryl/α,β-unsaturated/α-hetero) is 1. The molecule has 1 heterocycles. The van der Waals surface area contributed by atoms with Crippen LogP contribution in [0.4, 0.5) is 5.69 Å². The second-order valence-corrected chi connectivity index (χ2v) is 4.09. The minimum absolute atomic E-state index is 0.141. The van der Waals surface area contributed by atoms with E-state index < -0.39 is 0 Å². The normalized spacial score (nSPS) is 10.2. The van der Waals surface area contributed by atoms with Crippen LogP contribution < -0.4 is 5.01 Å². The molecule has 0 atom stereocenters. The number of carbonyl (C=O) groups is 1. The SMILES string of the molecule is CC(=O)CN(c1ccccc1)n1cccc1C. The molecule has 2 aromatic rings. The third kappa shape index (κ3) is 2.56. The van der Waals surface area contributed by atoms with Crippen molar-refractivity contribution < 1.29 is 4.79 Å². The van der Waals surface area contributed by atoms with Gasteiger partial charge in [0.2, 0.25) is 0 Å². The van der Waals surface area contributed by atoms with Crippen LogP contribution in [0.15, 0.2) is 48.7 Å². The van der Waals surface area contributed by atoms with E-state index in [0.717, 1.165) is 11.4 Å². The first-order valence-corrected chi connectivity index (χ1v) is 5.65. The Morgan fingerprint density at radius 3 is 2.41 bits per heavy atom. The summed E-state index contributed by atoms with van der Waals surface area (Å²) >= 11 is 0. The van der Waals surface area contributed by atoms with Gasteiger partial charge in [0.1, 0.15) is 0 Å². The topological polar surface area (TPSA) is 25.2 Å². The van der Waals surface area contributed by atoms with Crippen molar-refractivity contribution in [3.8, 4) is 0 Å². The lowest BCUT2D eigenvalue weighted by atomic mass is 10.3. The summed E-state index contributed by atoms with van der Waals surface area (Å²) in [6.07, 6.45) is 1.96. The van der Waals surface area contributed by atoms with E-state index in [1.165, 1.54) is 0 Å². The molecule has 0 radical (unpaired) electrons. The standard InChI is InChI=1S/C14H16N2O/c1-12-7-6-10-15(12)16(11-13(2)17)14-8-4-3-5-9-14/h3-10H,11H2,1-2H3. The van der Waals surface area contributed by atoms with Crippen molar-refractivity contribution in [1.29, 1.82) is 0 Å². The van der Waals surface area contributed by atoms with Crippen molar-refractivity contribution in [1.82, 2.24) is 4.68 Å². The molecule has 17 heavy (non-hydrogen) atoms. The molecule has 0 saturated carbocycles. The summed E-state index contributed by atoms with van der Waals surface area (Å²) in [5.74, 6) is 0.141. The summed E-state index contributed by atoms with van der Waals surface area (Å²) in [4.78, 5) is 11.4. The van der Waals surface area contributed by atoms with Crippen molar-refractivity contribution in [2.45, 2.75) is 13.8 Å². The average molecular weight is 228 g/mol. The van der Waals surface area contributed by atoms with E-state index in [1.54, 1.807) is 6.92 Å². The first kappa shape index (κ1) is 11.5. The lowest BCUT2D eigenvalue weighted by Crippen LogP contribution is -2.34. The smallest absolute Gasteiger partial charge is 0.151 e. The fourth-order valence-corrected chi connectivity index (χ4v) is 1.83. The van der Waals surface area contributed by atoms with Gasteiger partial charge in [-0.05, 0) is 38.1 Å². The van der Waals surface area contributed by atoms with Crippen molar-refractivity contribution in [2.75, 3.05) is 11.6 Å². The monoisotopic (exact) mass is 228 g/mol. The number of benzene rings is 1. The van der Waals surface area contributed by atoms with Gasteiger partial charge >= 0.3 is 0 Å². The third-order valence-electron chi connectivity index (χ3n) is 2.61. The van der Waals surface area contributed by atoms with E-state index in [-0.39, 0.29) is 5.78 Å². The highest BCUT2D eigenvalue weighted by Crippen LogP contribution is 2.16. The number of rotatable bonds is 4. The second kappa shape index (κ2) is 4.87. The fraction of sp³-hybridized carbons (Fsp3) is 0.214. The Hall–Kier alpha value is -2.03. The summed E-state index contributed by atoms with van der Waals surface area (Å²) in [7, 11) is 0. The molecule has 0 bridgehead atoms. The number of nitrogens with zero attached hydrogens (tertiary/aromatic N) is 2. The molecule has 0 N–H and O–H groups in total. The van der Waals surface area contributed by atoms with E-state index in [9.17, 15) is 4.79 Å².